The van der Waals surface area contributed by atoms with Crippen LogP contribution in [0.5, 0.6) is 0 Å². The van der Waals surface area contributed by atoms with E-state index in [9.17, 15) is 19.0 Å². The van der Waals surface area contributed by atoms with E-state index in [-0.39, 0.29) is 26.1 Å². The third-order valence-electron chi connectivity index (χ3n) is 9.40. The number of ether oxygens (including phenoxy) is 2. The molecule has 2 unspecified atom stereocenters. The zero-order valence-corrected chi connectivity index (χ0v) is 42.5. The van der Waals surface area contributed by atoms with Gasteiger partial charge in [0.05, 0.1) is 34.2 Å². The fourth-order valence-corrected chi connectivity index (χ4v) is 6.39. The van der Waals surface area contributed by atoms with Gasteiger partial charge in [-0.3, -0.25) is 18.6 Å². The highest BCUT2D eigenvalue weighted by atomic mass is 31.2. The Labute approximate surface area is 402 Å². The van der Waals surface area contributed by atoms with Gasteiger partial charge in [-0.05, 0) is 96.3 Å². The molecule has 0 rings (SSSR count). The number of carbonyl (C=O) groups is 2. The van der Waals surface area contributed by atoms with Gasteiger partial charge in [0.2, 0.25) is 0 Å². The number of hydrogen-bond acceptors (Lipinski definition) is 7. The molecule has 2 atom stereocenters. The summed E-state index contributed by atoms with van der Waals surface area (Å²) in [5, 5.41) is 0. The molecule has 0 spiro atoms. The predicted octanol–water partition coefficient (Wildman–Crippen LogP) is 14.8. The Morgan fingerprint density at radius 3 is 1.29 bits per heavy atom. The van der Waals surface area contributed by atoms with E-state index < -0.39 is 32.5 Å². The predicted molar refractivity (Wildman–Crippen MR) is 279 cm³/mol. The van der Waals surface area contributed by atoms with Gasteiger partial charge < -0.3 is 18.9 Å². The molecule has 10 heteroatoms. The first-order valence-corrected chi connectivity index (χ1v) is 26.1. The van der Waals surface area contributed by atoms with Gasteiger partial charge in [-0.15, -0.1) is 0 Å². The number of hydrogen-bond donors (Lipinski definition) is 1. The van der Waals surface area contributed by atoms with E-state index >= 15 is 0 Å². The summed E-state index contributed by atoms with van der Waals surface area (Å²) in [5.74, 6) is -0.985. The molecule has 1 N–H and O–H groups in total. The molecule has 0 aromatic carbocycles. The maximum atomic E-state index is 12.7. The number of nitrogens with zero attached hydrogens (tertiary/aromatic N) is 1. The Morgan fingerprint density at radius 1 is 0.485 bits per heavy atom. The molecule has 0 saturated carbocycles. The summed E-state index contributed by atoms with van der Waals surface area (Å²) in [6.07, 6.45) is 67.9. The number of phosphoric ester groups is 1. The van der Waals surface area contributed by atoms with Crippen molar-refractivity contribution < 1.29 is 42.1 Å². The smallest absolute Gasteiger partial charge is 0.461 e. The second kappa shape index (κ2) is 46.0. The number of phosphoric acid groups is 1. The van der Waals surface area contributed by atoms with Crippen molar-refractivity contribution in [3.05, 3.63) is 146 Å². The maximum absolute atomic E-state index is 12.7. The van der Waals surface area contributed by atoms with Gasteiger partial charge in [0.25, 0.3) is 0 Å². The molecular weight excluding hydrogens is 846 g/mol. The quantitative estimate of drug-likeness (QED) is 0.0212. The largest absolute Gasteiger partial charge is 0.472 e. The van der Waals surface area contributed by atoms with Gasteiger partial charge in [-0.2, -0.15) is 0 Å². The Kier molecular flexibility index (Phi) is 43.2. The van der Waals surface area contributed by atoms with Gasteiger partial charge >= 0.3 is 19.8 Å². The van der Waals surface area contributed by atoms with Gasteiger partial charge in [-0.1, -0.05) is 179 Å². The second-order valence-corrected chi connectivity index (χ2v) is 18.2. The zero-order valence-electron chi connectivity index (χ0n) is 41.6. The van der Waals surface area contributed by atoms with Crippen molar-refractivity contribution in [1.29, 1.82) is 0 Å². The number of unbranched alkanes of at least 4 members (excludes halogenated alkanes) is 5. The highest BCUT2D eigenvalue weighted by Gasteiger charge is 2.27. The standard InChI is InChI=1S/C56H88NO8P/c1-6-8-10-12-14-16-18-20-22-23-24-25-26-27-28-29-30-31-32-33-35-37-39-41-43-45-47-49-56(59)65-54(53-64-66(60,61)63-51-50-57(3,4)5)52-62-55(58)48-46-44-42-40-38-36-34-21-19-17-15-13-11-9-7-2/h8-11,14-17,20-22,24-25,27-28,30-31,33-35,38,40,44,46,54H,6-7,12-13,18-19,23,26,29,32,36-37,39,41-43,45,47-53H2,1-5H3/p+1/b10-8-,11-9-,16-14-,17-15-,22-20-,25-24-,28-27-,31-30-,34-21-,35-33-,40-38-,46-44-. The number of allylic oxidation sites excluding steroid dienone is 23. The van der Waals surface area contributed by atoms with Crippen LogP contribution in [0.4, 0.5) is 0 Å². The molecule has 0 aliphatic heterocycles. The van der Waals surface area contributed by atoms with Crippen LogP contribution in [0.2, 0.25) is 0 Å². The van der Waals surface area contributed by atoms with E-state index in [1.54, 1.807) is 6.08 Å². The maximum Gasteiger partial charge on any atom is 0.472 e. The molecule has 0 amide bonds. The Bertz CT molecular complexity index is 1620. The summed E-state index contributed by atoms with van der Waals surface area (Å²) in [6.45, 7) is 4.02. The van der Waals surface area contributed by atoms with Gasteiger partial charge in [0, 0.05) is 6.42 Å². The van der Waals surface area contributed by atoms with Crippen molar-refractivity contribution >= 4 is 19.8 Å². The molecule has 0 fully saturated rings. The summed E-state index contributed by atoms with van der Waals surface area (Å²) >= 11 is 0. The zero-order chi connectivity index (χ0) is 48.5. The number of likely N-dealkylation sites (N-methyl/N-ethyl adjacent to an activating group) is 1. The van der Waals surface area contributed by atoms with Crippen molar-refractivity contribution in [2.24, 2.45) is 0 Å². The highest BCUT2D eigenvalue weighted by Crippen LogP contribution is 2.43. The second-order valence-electron chi connectivity index (χ2n) is 16.7. The van der Waals surface area contributed by atoms with E-state index in [0.29, 0.717) is 23.9 Å². The van der Waals surface area contributed by atoms with Crippen LogP contribution in [-0.2, 0) is 32.7 Å². The molecule has 9 nitrogen and oxygen atoms in total. The molecule has 0 aliphatic carbocycles. The van der Waals surface area contributed by atoms with Crippen LogP contribution >= 0.6 is 7.82 Å². The SMILES string of the molecule is CC/C=C\C/C=C\C/C=C\C/C=C\C/C=C\C/C=C\C/C=C\CCCCCCCC(=O)OC(COC(=O)C/C=C\C/C=C\C/C=C\C/C=C\C/C=C\CC)COP(=O)(O)OCC[N+](C)(C)C. The lowest BCUT2D eigenvalue weighted by Gasteiger charge is -2.24. The third kappa shape index (κ3) is 49.3. The molecule has 0 aromatic rings. The molecular formula is C56H89NO8P+. The molecule has 0 bridgehead atoms. The summed E-state index contributed by atoms with van der Waals surface area (Å²) in [5.41, 5.74) is 0. The van der Waals surface area contributed by atoms with Gasteiger partial charge in [0.15, 0.2) is 6.10 Å². The molecule has 66 heavy (non-hydrogen) atoms. The van der Waals surface area contributed by atoms with Crippen LogP contribution in [0, 0.1) is 0 Å². The van der Waals surface area contributed by atoms with Gasteiger partial charge in [-0.25, -0.2) is 4.57 Å². The van der Waals surface area contributed by atoms with E-state index in [4.69, 9.17) is 18.5 Å². The first-order chi connectivity index (χ1) is 32.0. The van der Waals surface area contributed by atoms with Crippen molar-refractivity contribution in [2.45, 2.75) is 148 Å². The van der Waals surface area contributed by atoms with E-state index in [1.807, 2.05) is 33.3 Å². The van der Waals surface area contributed by atoms with E-state index in [1.165, 1.54) is 0 Å². The van der Waals surface area contributed by atoms with Crippen LogP contribution in [0.1, 0.15) is 142 Å². The number of quaternary nitrogens is 1. The van der Waals surface area contributed by atoms with Crippen LogP contribution < -0.4 is 0 Å². The summed E-state index contributed by atoms with van der Waals surface area (Å²) < 4.78 is 34.2. The van der Waals surface area contributed by atoms with Crippen LogP contribution in [0.25, 0.3) is 0 Å². The van der Waals surface area contributed by atoms with E-state index in [0.717, 1.165) is 103 Å². The van der Waals surface area contributed by atoms with Crippen molar-refractivity contribution in [3.63, 3.8) is 0 Å². The Balaban J connectivity index is 4.43. The van der Waals surface area contributed by atoms with Crippen molar-refractivity contribution in [2.75, 3.05) is 47.5 Å². The molecule has 0 radical (unpaired) electrons. The van der Waals surface area contributed by atoms with Crippen LogP contribution in [-0.4, -0.2) is 74.9 Å². The normalized spacial score (nSPS) is 14.7. The summed E-state index contributed by atoms with van der Waals surface area (Å²) in [6, 6.07) is 0. The Morgan fingerprint density at radius 2 is 0.864 bits per heavy atom. The lowest BCUT2D eigenvalue weighted by Crippen LogP contribution is -2.37. The molecule has 0 aliphatic rings. The van der Waals surface area contributed by atoms with E-state index in [2.05, 4.69) is 141 Å². The topological polar surface area (TPSA) is 108 Å². The lowest BCUT2D eigenvalue weighted by molar-refractivity contribution is -0.870. The number of esters is 2. The number of carbonyl (C=O) groups excluding carboxylic acids is 2. The molecule has 0 heterocycles. The minimum Gasteiger partial charge on any atom is -0.461 e. The van der Waals surface area contributed by atoms with Crippen LogP contribution in [0.3, 0.4) is 0 Å². The average molecular weight is 935 g/mol. The monoisotopic (exact) mass is 935 g/mol. The summed E-state index contributed by atoms with van der Waals surface area (Å²) in [4.78, 5) is 35.4. The third-order valence-corrected chi connectivity index (χ3v) is 10.4. The first-order valence-electron chi connectivity index (χ1n) is 24.6. The fraction of sp³-hybridized carbons (Fsp3) is 0.536. The highest BCUT2D eigenvalue weighted by molar-refractivity contribution is 7.47. The molecule has 0 saturated heterocycles. The average Bonchev–Trinajstić information content (AvgIpc) is 3.27. The van der Waals surface area contributed by atoms with Gasteiger partial charge in [0.1, 0.15) is 19.8 Å². The minimum absolute atomic E-state index is 0.00454. The molecule has 370 valence electrons. The minimum atomic E-state index is -4.42. The van der Waals surface area contributed by atoms with Crippen LogP contribution in [0.15, 0.2) is 146 Å². The summed E-state index contributed by atoms with van der Waals surface area (Å²) in [7, 11) is 1.39. The van der Waals surface area contributed by atoms with Crippen molar-refractivity contribution in [3.8, 4) is 0 Å². The lowest BCUT2D eigenvalue weighted by atomic mass is 10.1. The fourth-order valence-electron chi connectivity index (χ4n) is 5.65. The number of rotatable bonds is 42. The van der Waals surface area contributed by atoms with Crippen molar-refractivity contribution in [1.82, 2.24) is 0 Å². The Hall–Kier alpha value is -4.11. The molecule has 0 aromatic heterocycles. The first kappa shape index (κ1) is 61.9.